The first-order valence-corrected chi connectivity index (χ1v) is 6.45. The van der Waals surface area contributed by atoms with Crippen LogP contribution in [0.25, 0.3) is 0 Å². The fraction of sp³-hybridized carbons (Fsp3) is 0.500. The van der Waals surface area contributed by atoms with Gasteiger partial charge in [0.2, 0.25) is 0 Å². The highest BCUT2D eigenvalue weighted by Gasteiger charge is 2.25. The fourth-order valence-corrected chi connectivity index (χ4v) is 2.51. The number of nitrogens with one attached hydrogen (secondary N) is 1. The zero-order valence-electron chi connectivity index (χ0n) is 10.5. The molecule has 1 unspecified atom stereocenters. The number of aliphatic carboxylic acids is 1. The van der Waals surface area contributed by atoms with Crippen LogP contribution in [0.4, 0.5) is 8.78 Å². The summed E-state index contributed by atoms with van der Waals surface area (Å²) in [4.78, 5) is 11.3. The van der Waals surface area contributed by atoms with Crippen molar-refractivity contribution >= 4 is 5.97 Å². The largest absolute Gasteiger partial charge is 0.480 e. The van der Waals surface area contributed by atoms with Crippen molar-refractivity contribution in [3.05, 3.63) is 35.4 Å². The quantitative estimate of drug-likeness (QED) is 0.862. The van der Waals surface area contributed by atoms with Crippen molar-refractivity contribution in [1.82, 2.24) is 5.32 Å². The first-order chi connectivity index (χ1) is 9.08. The Labute approximate surface area is 110 Å². The normalized spacial score (nSPS) is 17.8. The molecular formula is C14H17F2NO2. The Kier molecular flexibility index (Phi) is 4.47. The summed E-state index contributed by atoms with van der Waals surface area (Å²) in [6.45, 7) is 0. The Morgan fingerprint density at radius 3 is 2.47 bits per heavy atom. The molecular weight excluding hydrogens is 252 g/mol. The first-order valence-electron chi connectivity index (χ1n) is 6.45. The molecule has 1 saturated carbocycles. The molecule has 1 aliphatic carbocycles. The lowest BCUT2D eigenvalue weighted by atomic mass is 10.0. The lowest BCUT2D eigenvalue weighted by Crippen LogP contribution is -2.35. The van der Waals surface area contributed by atoms with E-state index in [2.05, 4.69) is 5.32 Å². The number of hydrogen-bond donors (Lipinski definition) is 2. The maximum Gasteiger partial charge on any atom is 0.325 e. The monoisotopic (exact) mass is 269 g/mol. The third kappa shape index (κ3) is 3.50. The second kappa shape index (κ2) is 6.10. The van der Waals surface area contributed by atoms with E-state index in [9.17, 15) is 18.7 Å². The average molecular weight is 269 g/mol. The second-order valence-corrected chi connectivity index (χ2v) is 4.89. The van der Waals surface area contributed by atoms with Gasteiger partial charge in [0.25, 0.3) is 6.43 Å². The molecule has 1 fully saturated rings. The lowest BCUT2D eigenvalue weighted by molar-refractivity contribution is -0.139. The third-order valence-electron chi connectivity index (χ3n) is 3.50. The van der Waals surface area contributed by atoms with E-state index in [4.69, 9.17) is 0 Å². The zero-order valence-corrected chi connectivity index (χ0v) is 10.5. The van der Waals surface area contributed by atoms with Gasteiger partial charge in [-0.25, -0.2) is 8.78 Å². The molecule has 0 bridgehead atoms. The van der Waals surface area contributed by atoms with Crippen LogP contribution in [0, 0.1) is 0 Å². The predicted octanol–water partition coefficient (Wildman–Crippen LogP) is 3.28. The molecule has 104 valence electrons. The topological polar surface area (TPSA) is 49.3 Å². The van der Waals surface area contributed by atoms with Crippen LogP contribution >= 0.6 is 0 Å². The van der Waals surface area contributed by atoms with Gasteiger partial charge in [0.1, 0.15) is 6.04 Å². The van der Waals surface area contributed by atoms with E-state index in [-0.39, 0.29) is 11.6 Å². The minimum absolute atomic E-state index is 0.142. The minimum Gasteiger partial charge on any atom is -0.480 e. The standard InChI is InChI=1S/C14H17F2NO2/c15-13(16)10-5-3-4-9(8-10)12(14(18)19)17-11-6-1-2-7-11/h3-5,8,11-13,17H,1-2,6-7H2,(H,18,19). The molecule has 5 heteroatoms. The van der Waals surface area contributed by atoms with E-state index >= 15 is 0 Å². The highest BCUT2D eigenvalue weighted by molar-refractivity contribution is 5.75. The molecule has 0 aliphatic heterocycles. The number of rotatable bonds is 5. The fourth-order valence-electron chi connectivity index (χ4n) is 2.51. The SMILES string of the molecule is O=C(O)C(NC1CCCC1)c1cccc(C(F)F)c1. The van der Waals surface area contributed by atoms with Gasteiger partial charge < -0.3 is 5.11 Å². The highest BCUT2D eigenvalue weighted by atomic mass is 19.3. The van der Waals surface area contributed by atoms with E-state index in [0.29, 0.717) is 5.56 Å². The van der Waals surface area contributed by atoms with Gasteiger partial charge in [0.05, 0.1) is 0 Å². The summed E-state index contributed by atoms with van der Waals surface area (Å²) >= 11 is 0. The molecule has 0 aromatic heterocycles. The molecule has 0 radical (unpaired) electrons. The molecule has 0 spiro atoms. The Hall–Kier alpha value is -1.49. The molecule has 19 heavy (non-hydrogen) atoms. The number of carboxylic acid groups (broad SMARTS) is 1. The first kappa shape index (κ1) is 13.9. The Bertz CT molecular complexity index is 445. The van der Waals surface area contributed by atoms with Gasteiger partial charge in [-0.05, 0) is 24.5 Å². The molecule has 3 nitrogen and oxygen atoms in total. The maximum atomic E-state index is 12.6. The van der Waals surface area contributed by atoms with Crippen molar-refractivity contribution in [2.45, 2.75) is 44.2 Å². The highest BCUT2D eigenvalue weighted by Crippen LogP contribution is 2.25. The molecule has 2 N–H and O–H groups in total. The molecule has 1 aromatic carbocycles. The number of carboxylic acids is 1. The lowest BCUT2D eigenvalue weighted by Gasteiger charge is -2.20. The summed E-state index contributed by atoms with van der Waals surface area (Å²) in [5.41, 5.74) is 0.245. The molecule has 1 aromatic rings. The Balaban J connectivity index is 2.18. The smallest absolute Gasteiger partial charge is 0.325 e. The summed E-state index contributed by atoms with van der Waals surface area (Å²) in [7, 11) is 0. The van der Waals surface area contributed by atoms with Crippen LogP contribution in [0.1, 0.15) is 49.3 Å². The van der Waals surface area contributed by atoms with Gasteiger partial charge in [-0.15, -0.1) is 0 Å². The zero-order chi connectivity index (χ0) is 13.8. The van der Waals surface area contributed by atoms with E-state index in [1.165, 1.54) is 18.2 Å². The molecule has 0 heterocycles. The van der Waals surface area contributed by atoms with E-state index < -0.39 is 18.4 Å². The number of halogens is 2. The van der Waals surface area contributed by atoms with Crippen LogP contribution < -0.4 is 5.32 Å². The predicted molar refractivity (Wildman–Crippen MR) is 67.2 cm³/mol. The van der Waals surface area contributed by atoms with Crippen molar-refractivity contribution < 1.29 is 18.7 Å². The van der Waals surface area contributed by atoms with Crippen molar-refractivity contribution in [1.29, 1.82) is 0 Å². The van der Waals surface area contributed by atoms with Crippen LogP contribution in [0.3, 0.4) is 0 Å². The molecule has 1 aliphatic rings. The van der Waals surface area contributed by atoms with Crippen LogP contribution in [-0.2, 0) is 4.79 Å². The number of benzene rings is 1. The van der Waals surface area contributed by atoms with E-state index in [1.54, 1.807) is 6.07 Å². The van der Waals surface area contributed by atoms with Gasteiger partial charge in [0.15, 0.2) is 0 Å². The summed E-state index contributed by atoms with van der Waals surface area (Å²) in [5.74, 6) is -1.03. The van der Waals surface area contributed by atoms with Crippen molar-refractivity contribution in [3.63, 3.8) is 0 Å². The third-order valence-corrected chi connectivity index (χ3v) is 3.50. The molecule has 1 atom stereocenters. The average Bonchev–Trinajstić information content (AvgIpc) is 2.88. The summed E-state index contributed by atoms with van der Waals surface area (Å²) < 4.78 is 25.3. The van der Waals surface area contributed by atoms with Crippen molar-refractivity contribution in [2.75, 3.05) is 0 Å². The summed E-state index contributed by atoms with van der Waals surface area (Å²) in [5, 5.41) is 12.3. The minimum atomic E-state index is -2.58. The van der Waals surface area contributed by atoms with Crippen LogP contribution in [0.5, 0.6) is 0 Å². The van der Waals surface area contributed by atoms with E-state index in [0.717, 1.165) is 25.7 Å². The van der Waals surface area contributed by atoms with Gasteiger partial charge in [-0.1, -0.05) is 31.0 Å². The molecule has 0 saturated heterocycles. The Morgan fingerprint density at radius 1 is 1.26 bits per heavy atom. The van der Waals surface area contributed by atoms with Crippen LogP contribution in [0.2, 0.25) is 0 Å². The van der Waals surface area contributed by atoms with Gasteiger partial charge >= 0.3 is 5.97 Å². The maximum absolute atomic E-state index is 12.6. The number of carbonyl (C=O) groups is 1. The summed E-state index contributed by atoms with van der Waals surface area (Å²) in [6, 6.07) is 4.88. The van der Waals surface area contributed by atoms with Crippen LogP contribution in [-0.4, -0.2) is 17.1 Å². The molecule has 2 rings (SSSR count). The van der Waals surface area contributed by atoms with Gasteiger partial charge in [-0.2, -0.15) is 0 Å². The number of hydrogen-bond acceptors (Lipinski definition) is 2. The number of alkyl halides is 2. The Morgan fingerprint density at radius 2 is 1.89 bits per heavy atom. The van der Waals surface area contributed by atoms with Crippen molar-refractivity contribution in [3.8, 4) is 0 Å². The summed E-state index contributed by atoms with van der Waals surface area (Å²) in [6.07, 6.45) is 1.47. The second-order valence-electron chi connectivity index (χ2n) is 4.89. The van der Waals surface area contributed by atoms with Gasteiger partial charge in [0, 0.05) is 11.6 Å². The van der Waals surface area contributed by atoms with Crippen LogP contribution in [0.15, 0.2) is 24.3 Å². The van der Waals surface area contributed by atoms with Gasteiger partial charge in [-0.3, -0.25) is 10.1 Å². The van der Waals surface area contributed by atoms with Crippen molar-refractivity contribution in [2.24, 2.45) is 0 Å². The molecule has 0 amide bonds. The van der Waals surface area contributed by atoms with E-state index in [1.807, 2.05) is 0 Å².